The molecule has 0 unspecified atom stereocenters. The van der Waals surface area contributed by atoms with Crippen LogP contribution in [0.3, 0.4) is 0 Å². The molecule has 0 heterocycles. The van der Waals surface area contributed by atoms with Crippen LogP contribution in [0.1, 0.15) is 26.2 Å². The summed E-state index contributed by atoms with van der Waals surface area (Å²) in [5, 5.41) is 0. The first-order valence-electron chi connectivity index (χ1n) is 3.22. The monoisotopic (exact) mass is 334 g/mol. The molecule has 0 N–H and O–H groups in total. The molecule has 0 aromatic heterocycles. The quantitative estimate of drug-likeness (QED) is 0.703. The van der Waals surface area contributed by atoms with Crippen molar-refractivity contribution < 1.29 is 21.2 Å². The SMILES string of the molecule is C=C(CCCC)O[CH]=[Re][Cl]. The van der Waals surface area contributed by atoms with Crippen LogP contribution in [0.4, 0.5) is 0 Å². The van der Waals surface area contributed by atoms with E-state index in [9.17, 15) is 0 Å². The van der Waals surface area contributed by atoms with Crippen LogP contribution in [0.15, 0.2) is 12.3 Å². The molecule has 0 amide bonds. The van der Waals surface area contributed by atoms with Crippen LogP contribution in [0, 0.1) is 0 Å². The fourth-order valence-corrected chi connectivity index (χ4v) is 1.36. The summed E-state index contributed by atoms with van der Waals surface area (Å²) in [6.07, 6.45) is 3.29. The minimum atomic E-state index is -0.689. The minimum absolute atomic E-state index is 0.689. The number of unbranched alkanes of at least 4 members (excludes halogenated alkanes) is 1. The maximum atomic E-state index is 5.51. The Labute approximate surface area is 74.0 Å². The first-order chi connectivity index (χ1) is 4.81. The van der Waals surface area contributed by atoms with E-state index in [4.69, 9.17) is 14.3 Å². The van der Waals surface area contributed by atoms with Gasteiger partial charge in [-0.25, -0.2) is 0 Å². The fourth-order valence-electron chi connectivity index (χ4n) is 0.513. The van der Waals surface area contributed by atoms with Crippen LogP contribution in [0.2, 0.25) is 0 Å². The van der Waals surface area contributed by atoms with Crippen molar-refractivity contribution in [1.29, 1.82) is 0 Å². The van der Waals surface area contributed by atoms with Gasteiger partial charge in [-0.3, -0.25) is 0 Å². The average molecular weight is 334 g/mol. The molecule has 0 rings (SSSR count). The van der Waals surface area contributed by atoms with Crippen LogP contribution >= 0.6 is 9.53 Å². The number of allylic oxidation sites excluding steroid dienone is 1. The third-order valence-corrected chi connectivity index (χ3v) is 2.17. The van der Waals surface area contributed by atoms with E-state index in [1.165, 1.54) is 6.42 Å². The summed E-state index contributed by atoms with van der Waals surface area (Å²) in [4.78, 5) is 0. The van der Waals surface area contributed by atoms with Crippen molar-refractivity contribution in [1.82, 2.24) is 0 Å². The number of halogens is 1. The van der Waals surface area contributed by atoms with E-state index in [-0.39, 0.29) is 0 Å². The Morgan fingerprint density at radius 2 is 2.50 bits per heavy atom. The van der Waals surface area contributed by atoms with Crippen molar-refractivity contribution in [2.45, 2.75) is 26.2 Å². The summed E-state index contributed by atoms with van der Waals surface area (Å²) in [7, 11) is 5.51. The van der Waals surface area contributed by atoms with E-state index in [0.717, 1.165) is 18.6 Å². The van der Waals surface area contributed by atoms with Gasteiger partial charge in [0.1, 0.15) is 0 Å². The third kappa shape index (κ3) is 6.48. The van der Waals surface area contributed by atoms with Crippen LogP contribution in [-0.4, -0.2) is 4.67 Å². The Hall–Kier alpha value is 0.362. The second-order valence-corrected chi connectivity index (χ2v) is 4.51. The van der Waals surface area contributed by atoms with Crippen molar-refractivity contribution in [3.8, 4) is 0 Å². The number of ether oxygens (including phenoxy) is 1. The van der Waals surface area contributed by atoms with Gasteiger partial charge in [-0.2, -0.15) is 0 Å². The third-order valence-electron chi connectivity index (χ3n) is 1.05. The Bertz CT molecular complexity index is 123. The van der Waals surface area contributed by atoms with Gasteiger partial charge in [0.2, 0.25) is 0 Å². The van der Waals surface area contributed by atoms with Gasteiger partial charge >= 0.3 is 74.0 Å². The zero-order valence-corrected chi connectivity index (χ0v) is 9.54. The van der Waals surface area contributed by atoms with Gasteiger partial charge in [-0.15, -0.1) is 0 Å². The van der Waals surface area contributed by atoms with E-state index < -0.39 is 16.5 Å². The number of hydrogen-bond acceptors (Lipinski definition) is 1. The zero-order valence-electron chi connectivity index (χ0n) is 6.07. The standard InChI is InChI=1S/C7H12O.ClH.Re/c1-4-5-6-7(2)8-3;;/h3H,2,4-6H2,1H3;1H;/q;;+1/p-1. The average Bonchev–Trinajstić information content (AvgIpc) is 1.97. The first kappa shape index (κ1) is 10.4. The van der Waals surface area contributed by atoms with Crippen LogP contribution in [0.5, 0.6) is 0 Å². The molecular formula is C7H12ClORe. The molecule has 3 heteroatoms. The molecule has 0 bridgehead atoms. The number of rotatable bonds is 5. The van der Waals surface area contributed by atoms with Gasteiger partial charge in [0.05, 0.1) is 0 Å². The molecule has 60 valence electrons. The van der Waals surface area contributed by atoms with E-state index in [2.05, 4.69) is 13.5 Å². The van der Waals surface area contributed by atoms with E-state index in [1.807, 2.05) is 0 Å². The summed E-state index contributed by atoms with van der Waals surface area (Å²) in [5.41, 5.74) is 0. The van der Waals surface area contributed by atoms with Gasteiger partial charge in [0.15, 0.2) is 0 Å². The summed E-state index contributed by atoms with van der Waals surface area (Å²) in [6.45, 7) is 5.89. The topological polar surface area (TPSA) is 9.23 Å². The molecule has 1 nitrogen and oxygen atoms in total. The van der Waals surface area contributed by atoms with Crippen LogP contribution in [-0.2, 0) is 21.2 Å². The summed E-state index contributed by atoms with van der Waals surface area (Å²) in [6, 6.07) is 0. The molecule has 0 radical (unpaired) electrons. The van der Waals surface area contributed by atoms with Crippen LogP contribution in [0.25, 0.3) is 0 Å². The van der Waals surface area contributed by atoms with Crippen LogP contribution < -0.4 is 0 Å². The maximum absolute atomic E-state index is 5.51. The predicted molar refractivity (Wildman–Crippen MR) is 41.7 cm³/mol. The van der Waals surface area contributed by atoms with Crippen molar-refractivity contribution >= 4 is 14.2 Å². The molecule has 0 aliphatic heterocycles. The van der Waals surface area contributed by atoms with Crippen molar-refractivity contribution in [2.75, 3.05) is 0 Å². The van der Waals surface area contributed by atoms with E-state index in [0.29, 0.717) is 0 Å². The van der Waals surface area contributed by atoms with Crippen molar-refractivity contribution in [2.24, 2.45) is 0 Å². The molecule has 0 atom stereocenters. The normalized spacial score (nSPS) is 11.0. The summed E-state index contributed by atoms with van der Waals surface area (Å²) >= 11 is -0.689. The molecule has 0 spiro atoms. The van der Waals surface area contributed by atoms with E-state index in [1.54, 1.807) is 4.67 Å². The van der Waals surface area contributed by atoms with Gasteiger partial charge in [0.25, 0.3) is 0 Å². The Kier molecular flexibility index (Phi) is 7.74. The van der Waals surface area contributed by atoms with Crippen molar-refractivity contribution in [3.63, 3.8) is 0 Å². The molecule has 0 saturated carbocycles. The molecule has 0 aromatic rings. The molecule has 0 saturated heterocycles. The molecule has 10 heavy (non-hydrogen) atoms. The van der Waals surface area contributed by atoms with Gasteiger partial charge in [0, 0.05) is 0 Å². The van der Waals surface area contributed by atoms with Crippen molar-refractivity contribution in [3.05, 3.63) is 12.3 Å². The molecule has 0 fully saturated rings. The predicted octanol–water partition coefficient (Wildman–Crippen LogP) is 2.70. The summed E-state index contributed by atoms with van der Waals surface area (Å²) in [5.74, 6) is 0.846. The Morgan fingerprint density at radius 1 is 1.80 bits per heavy atom. The first-order valence-corrected chi connectivity index (χ1v) is 8.15. The molecule has 0 aliphatic rings. The summed E-state index contributed by atoms with van der Waals surface area (Å²) < 4.78 is 6.82. The fraction of sp³-hybridized carbons (Fsp3) is 0.571. The molecule has 0 aliphatic carbocycles. The second-order valence-electron chi connectivity index (χ2n) is 1.93. The molecular weight excluding hydrogens is 322 g/mol. The molecule has 0 aromatic carbocycles. The van der Waals surface area contributed by atoms with Gasteiger partial charge in [-0.05, 0) is 0 Å². The van der Waals surface area contributed by atoms with Gasteiger partial charge < -0.3 is 0 Å². The Morgan fingerprint density at radius 3 is 3.00 bits per heavy atom. The Balaban J connectivity index is 3.25. The van der Waals surface area contributed by atoms with E-state index >= 15 is 0 Å². The van der Waals surface area contributed by atoms with Gasteiger partial charge in [-0.1, -0.05) is 0 Å². The number of hydrogen-bond donors (Lipinski definition) is 0. The zero-order chi connectivity index (χ0) is 7.82. The second kappa shape index (κ2) is 7.47.